The van der Waals surface area contributed by atoms with Crippen LogP contribution in [0.1, 0.15) is 5.56 Å². The van der Waals surface area contributed by atoms with Gasteiger partial charge in [0, 0.05) is 5.75 Å². The molecule has 0 nitrogen and oxygen atoms in total. The van der Waals surface area contributed by atoms with Gasteiger partial charge in [-0.3, -0.25) is 0 Å². The van der Waals surface area contributed by atoms with Crippen molar-refractivity contribution in [1.82, 2.24) is 0 Å². The predicted molar refractivity (Wildman–Crippen MR) is 99.2 cm³/mol. The van der Waals surface area contributed by atoms with Gasteiger partial charge in [0.1, 0.15) is 0 Å². The zero-order chi connectivity index (χ0) is 14.6. The van der Waals surface area contributed by atoms with E-state index in [1.54, 1.807) is 0 Å². The fraction of sp³-hybridized carbons (Fsp3) is 0.200. The Morgan fingerprint density at radius 3 is 1.90 bits per heavy atom. The molecule has 0 aliphatic rings. The van der Waals surface area contributed by atoms with Gasteiger partial charge in [0.2, 0.25) is 0 Å². The van der Waals surface area contributed by atoms with Crippen LogP contribution in [0, 0.1) is 0 Å². The van der Waals surface area contributed by atoms with Crippen LogP contribution < -0.4 is 0 Å². The summed E-state index contributed by atoms with van der Waals surface area (Å²) in [4.78, 5) is 0. The van der Waals surface area contributed by atoms with E-state index < -0.39 is 10.0 Å². The van der Waals surface area contributed by atoms with Crippen LogP contribution in [0.3, 0.4) is 0 Å². The first-order chi connectivity index (χ1) is 10.0. The van der Waals surface area contributed by atoms with Crippen LogP contribution in [0.4, 0.5) is 0 Å². The molecule has 0 saturated heterocycles. The lowest BCUT2D eigenvalue weighted by atomic mass is 9.92. The second-order valence-electron chi connectivity index (χ2n) is 6.82. The minimum atomic E-state index is -0.545. The standard InChI is InChI=1S/C20H20S/c1-21(2,3)13-17-10-9-16-8-7-14-5-4-6-15-11-12-18(17)20(16)19(14)15/h4-12H,13H2,1-3H3. The van der Waals surface area contributed by atoms with Gasteiger partial charge in [-0.15, -0.1) is 0 Å². The largest absolute Gasteiger partial charge is 0.246 e. The average Bonchev–Trinajstić information content (AvgIpc) is 2.45. The fourth-order valence-corrected chi connectivity index (χ4v) is 4.57. The molecule has 1 heteroatoms. The van der Waals surface area contributed by atoms with Gasteiger partial charge < -0.3 is 0 Å². The van der Waals surface area contributed by atoms with Crippen molar-refractivity contribution >= 4 is 42.3 Å². The predicted octanol–water partition coefficient (Wildman–Crippen LogP) is 5.78. The third kappa shape index (κ3) is 2.08. The molecule has 0 aliphatic carbocycles. The van der Waals surface area contributed by atoms with Crippen molar-refractivity contribution in [2.75, 3.05) is 18.8 Å². The summed E-state index contributed by atoms with van der Waals surface area (Å²) in [5.74, 6) is 1.20. The Labute approximate surface area is 127 Å². The summed E-state index contributed by atoms with van der Waals surface area (Å²) in [5, 5.41) is 8.39. The van der Waals surface area contributed by atoms with Crippen molar-refractivity contribution in [3.8, 4) is 0 Å². The van der Waals surface area contributed by atoms with Crippen molar-refractivity contribution in [3.05, 3.63) is 60.2 Å². The summed E-state index contributed by atoms with van der Waals surface area (Å²) in [5.41, 5.74) is 1.50. The molecule has 0 fully saturated rings. The lowest BCUT2D eigenvalue weighted by molar-refractivity contribution is 1.45. The molecule has 0 aliphatic heterocycles. The molecule has 0 heterocycles. The van der Waals surface area contributed by atoms with Gasteiger partial charge in [0.15, 0.2) is 0 Å². The molecule has 4 rings (SSSR count). The topological polar surface area (TPSA) is 0 Å². The van der Waals surface area contributed by atoms with Crippen LogP contribution in [0.5, 0.6) is 0 Å². The molecule has 106 valence electrons. The van der Waals surface area contributed by atoms with Crippen molar-refractivity contribution in [3.63, 3.8) is 0 Å². The smallest absolute Gasteiger partial charge is 0.00239 e. The molecular weight excluding hydrogens is 272 g/mol. The highest BCUT2D eigenvalue weighted by molar-refractivity contribution is 8.31. The minimum absolute atomic E-state index is 0.545. The first-order valence-electron chi connectivity index (χ1n) is 7.34. The Morgan fingerprint density at radius 1 is 0.667 bits per heavy atom. The Balaban J connectivity index is 2.15. The molecule has 0 amide bonds. The maximum Gasteiger partial charge on any atom is 0.00239 e. The first-order valence-corrected chi connectivity index (χ1v) is 10.4. The van der Waals surface area contributed by atoms with E-state index in [1.165, 1.54) is 43.6 Å². The first kappa shape index (κ1) is 13.0. The number of rotatable bonds is 2. The van der Waals surface area contributed by atoms with Crippen LogP contribution >= 0.6 is 10.0 Å². The summed E-state index contributed by atoms with van der Waals surface area (Å²) >= 11 is 0. The van der Waals surface area contributed by atoms with Crippen LogP contribution in [-0.2, 0) is 5.75 Å². The SMILES string of the molecule is CS(C)(C)Cc1ccc2ccc3cccc4ccc1c2c34. The maximum absolute atomic E-state index is 2.39. The van der Waals surface area contributed by atoms with Gasteiger partial charge >= 0.3 is 0 Å². The van der Waals surface area contributed by atoms with Crippen LogP contribution in [0.2, 0.25) is 0 Å². The molecule has 0 saturated carbocycles. The highest BCUT2D eigenvalue weighted by Crippen LogP contribution is 2.43. The van der Waals surface area contributed by atoms with Gasteiger partial charge in [-0.1, -0.05) is 54.6 Å². The van der Waals surface area contributed by atoms with E-state index in [0.29, 0.717) is 0 Å². The summed E-state index contributed by atoms with van der Waals surface area (Å²) < 4.78 is 0. The second kappa shape index (κ2) is 4.38. The van der Waals surface area contributed by atoms with E-state index >= 15 is 0 Å². The summed E-state index contributed by atoms with van der Waals surface area (Å²) in [7, 11) is -0.545. The number of hydrogen-bond acceptors (Lipinski definition) is 0. The number of benzene rings is 4. The van der Waals surface area contributed by atoms with Gasteiger partial charge in [-0.25, -0.2) is 10.0 Å². The van der Waals surface area contributed by atoms with Crippen molar-refractivity contribution in [2.24, 2.45) is 0 Å². The molecule has 4 aromatic rings. The van der Waals surface area contributed by atoms with E-state index in [2.05, 4.69) is 73.4 Å². The molecule has 21 heavy (non-hydrogen) atoms. The second-order valence-corrected chi connectivity index (χ2v) is 11.3. The van der Waals surface area contributed by atoms with Crippen molar-refractivity contribution in [1.29, 1.82) is 0 Å². The van der Waals surface area contributed by atoms with Crippen molar-refractivity contribution < 1.29 is 0 Å². The van der Waals surface area contributed by atoms with Gasteiger partial charge in [-0.2, -0.15) is 0 Å². The monoisotopic (exact) mass is 292 g/mol. The summed E-state index contributed by atoms with van der Waals surface area (Å²) in [6.45, 7) is 0. The quantitative estimate of drug-likeness (QED) is 0.411. The average molecular weight is 292 g/mol. The molecule has 0 atom stereocenters. The molecule has 0 radical (unpaired) electrons. The summed E-state index contributed by atoms with van der Waals surface area (Å²) in [6.07, 6.45) is 7.18. The zero-order valence-electron chi connectivity index (χ0n) is 12.8. The third-order valence-corrected chi connectivity index (χ3v) is 5.38. The van der Waals surface area contributed by atoms with Gasteiger partial charge in [0.25, 0.3) is 0 Å². The van der Waals surface area contributed by atoms with Crippen LogP contribution in [-0.4, -0.2) is 18.8 Å². The molecular formula is C20H20S. The molecule has 0 bridgehead atoms. The van der Waals surface area contributed by atoms with E-state index in [4.69, 9.17) is 0 Å². The molecule has 0 aromatic heterocycles. The Kier molecular flexibility index (Phi) is 2.71. The van der Waals surface area contributed by atoms with E-state index in [-0.39, 0.29) is 0 Å². The normalized spacial score (nSPS) is 13.5. The lowest BCUT2D eigenvalue weighted by Gasteiger charge is -2.26. The Morgan fingerprint density at radius 2 is 1.24 bits per heavy atom. The van der Waals surface area contributed by atoms with E-state index in [0.717, 1.165) is 0 Å². The van der Waals surface area contributed by atoms with Crippen LogP contribution in [0.15, 0.2) is 54.6 Å². The highest BCUT2D eigenvalue weighted by Gasteiger charge is 2.13. The van der Waals surface area contributed by atoms with E-state index in [9.17, 15) is 0 Å². The number of hydrogen-bond donors (Lipinski definition) is 0. The molecule has 0 N–H and O–H groups in total. The van der Waals surface area contributed by atoms with Crippen molar-refractivity contribution in [2.45, 2.75) is 5.75 Å². The van der Waals surface area contributed by atoms with E-state index in [1.807, 2.05) is 0 Å². The van der Waals surface area contributed by atoms with Gasteiger partial charge in [0.05, 0.1) is 0 Å². The minimum Gasteiger partial charge on any atom is -0.246 e. The van der Waals surface area contributed by atoms with Gasteiger partial charge in [-0.05, 0) is 56.6 Å². The fourth-order valence-electron chi connectivity index (χ4n) is 3.39. The molecule has 0 spiro atoms. The van der Waals surface area contributed by atoms with Crippen LogP contribution in [0.25, 0.3) is 32.3 Å². The Bertz CT molecular complexity index is 929. The Hall–Kier alpha value is -1.73. The molecule has 0 unspecified atom stereocenters. The summed E-state index contributed by atoms with van der Waals surface area (Å²) in [6, 6.07) is 20.4. The zero-order valence-corrected chi connectivity index (χ0v) is 13.6. The third-order valence-electron chi connectivity index (χ3n) is 4.21. The molecule has 4 aromatic carbocycles. The maximum atomic E-state index is 2.39. The lowest BCUT2D eigenvalue weighted by Crippen LogP contribution is -1.98. The highest BCUT2D eigenvalue weighted by atomic mass is 32.3.